The molecule has 2 heterocycles. The van der Waals surface area contributed by atoms with Crippen molar-refractivity contribution in [3.05, 3.63) is 60.2 Å². The van der Waals surface area contributed by atoms with Crippen molar-refractivity contribution in [3.8, 4) is 0 Å². The summed E-state index contributed by atoms with van der Waals surface area (Å²) in [6.07, 6.45) is 10.4. The summed E-state index contributed by atoms with van der Waals surface area (Å²) in [5.74, 6) is -0.864. The second-order valence-electron chi connectivity index (χ2n) is 11.8. The first-order valence-corrected chi connectivity index (χ1v) is 14.5. The van der Waals surface area contributed by atoms with Gasteiger partial charge in [0.1, 0.15) is 11.7 Å². The Morgan fingerprint density at radius 1 is 1.00 bits per heavy atom. The molecule has 1 aromatic heterocycles. The Balaban J connectivity index is 1.76. The average Bonchev–Trinajstić information content (AvgIpc) is 3.16. The quantitative estimate of drug-likeness (QED) is 0.226. The lowest BCUT2D eigenvalue weighted by Crippen LogP contribution is -2.55. The number of rotatable bonds is 15. The van der Waals surface area contributed by atoms with Gasteiger partial charge in [-0.05, 0) is 58.1 Å². The topological polar surface area (TPSA) is 128 Å². The van der Waals surface area contributed by atoms with Crippen LogP contribution in [0.1, 0.15) is 89.2 Å². The van der Waals surface area contributed by atoms with Gasteiger partial charge in [-0.2, -0.15) is 0 Å². The van der Waals surface area contributed by atoms with Crippen LogP contribution in [0.4, 0.5) is 0 Å². The third-order valence-electron chi connectivity index (χ3n) is 7.75. The van der Waals surface area contributed by atoms with Crippen molar-refractivity contribution in [1.82, 2.24) is 20.6 Å². The summed E-state index contributed by atoms with van der Waals surface area (Å²) < 4.78 is 13.1. The van der Waals surface area contributed by atoms with E-state index in [0.717, 1.165) is 37.7 Å². The summed E-state index contributed by atoms with van der Waals surface area (Å²) >= 11 is 0. The van der Waals surface area contributed by atoms with E-state index >= 15 is 0 Å². The molecule has 9 nitrogen and oxygen atoms in total. The van der Waals surface area contributed by atoms with Gasteiger partial charge in [0.2, 0.25) is 5.91 Å². The molecule has 40 heavy (non-hydrogen) atoms. The Bertz CT molecular complexity index is 1070. The number of hydrogen-bond acceptors (Lipinski definition) is 7. The van der Waals surface area contributed by atoms with Crippen LogP contribution in [-0.2, 0) is 20.5 Å². The molecule has 1 aliphatic rings. The predicted octanol–water partition coefficient (Wildman–Crippen LogP) is 3.87. The minimum Gasteiger partial charge on any atom is -0.402 e. The van der Waals surface area contributed by atoms with Crippen LogP contribution >= 0.6 is 0 Å². The van der Waals surface area contributed by atoms with Gasteiger partial charge in [0.15, 0.2) is 0 Å². The molecule has 1 aromatic carbocycles. The highest BCUT2D eigenvalue weighted by Gasteiger charge is 2.56. The van der Waals surface area contributed by atoms with E-state index in [1.165, 1.54) is 18.6 Å². The van der Waals surface area contributed by atoms with E-state index in [0.29, 0.717) is 19.4 Å². The monoisotopic (exact) mass is 551 g/mol. The first-order valence-electron chi connectivity index (χ1n) is 14.5. The maximum absolute atomic E-state index is 13.8. The van der Waals surface area contributed by atoms with Crippen LogP contribution in [-0.4, -0.2) is 58.6 Å². The number of amides is 2. The lowest BCUT2D eigenvalue weighted by atomic mass is 9.73. The molecular weight excluding hydrogens is 505 g/mol. The van der Waals surface area contributed by atoms with Gasteiger partial charge in [0.25, 0.3) is 5.91 Å². The second kappa shape index (κ2) is 14.7. The summed E-state index contributed by atoms with van der Waals surface area (Å²) in [6.45, 7) is 11.1. The van der Waals surface area contributed by atoms with Gasteiger partial charge >= 0.3 is 7.12 Å². The summed E-state index contributed by atoms with van der Waals surface area (Å²) in [4.78, 5) is 34.8. The second-order valence-corrected chi connectivity index (χ2v) is 11.8. The van der Waals surface area contributed by atoms with Crippen LogP contribution in [0, 0.1) is 5.92 Å². The van der Waals surface area contributed by atoms with E-state index in [1.54, 1.807) is 0 Å². The van der Waals surface area contributed by atoms with Crippen molar-refractivity contribution in [2.24, 2.45) is 11.7 Å². The summed E-state index contributed by atoms with van der Waals surface area (Å²) in [7, 11) is -0.608. The lowest BCUT2D eigenvalue weighted by Gasteiger charge is -2.36. The van der Waals surface area contributed by atoms with Crippen LogP contribution in [0.5, 0.6) is 0 Å². The largest absolute Gasteiger partial charge is 0.481 e. The zero-order chi connectivity index (χ0) is 29.2. The fourth-order valence-electron chi connectivity index (χ4n) is 5.06. The van der Waals surface area contributed by atoms with Crippen molar-refractivity contribution in [3.63, 3.8) is 0 Å². The third kappa shape index (κ3) is 8.84. The Kier molecular flexibility index (Phi) is 11.7. The molecule has 2 amide bonds. The summed E-state index contributed by atoms with van der Waals surface area (Å²) in [6, 6.07) is 8.79. The van der Waals surface area contributed by atoms with Gasteiger partial charge in [-0.25, -0.2) is 4.98 Å². The minimum atomic E-state index is -0.824. The number of nitrogens with one attached hydrogen (secondary N) is 2. The van der Waals surface area contributed by atoms with Crippen molar-refractivity contribution < 1.29 is 18.9 Å². The molecule has 1 aliphatic heterocycles. The standard InChI is InChI=1S/C30H46BN5O4/c1-22(2)19-26(31-39-29(3,4)30(5,40-31)15-11-6-7-12-16-32)36-27(37)24(20-23-13-9-8-10-14-23)35-28(38)25-21-33-17-18-34-25/h8-10,13-14,17-18,21-22,24,26H,6-7,11-12,15-16,19-20,32H2,1-5H3,(H,35,38)(H,36,37)/t24-,26-,30?/m0/s1. The Hall–Kier alpha value is -2.82. The number of benzene rings is 1. The Morgan fingerprint density at radius 2 is 1.73 bits per heavy atom. The van der Waals surface area contributed by atoms with Crippen LogP contribution in [0.2, 0.25) is 0 Å². The number of unbranched alkanes of at least 4 members (excludes halogenated alkanes) is 3. The van der Waals surface area contributed by atoms with Crippen LogP contribution in [0.3, 0.4) is 0 Å². The van der Waals surface area contributed by atoms with Gasteiger partial charge < -0.3 is 25.7 Å². The number of nitrogens with zero attached hydrogens (tertiary/aromatic N) is 2. The highest BCUT2D eigenvalue weighted by Crippen LogP contribution is 2.42. The van der Waals surface area contributed by atoms with Crippen LogP contribution in [0.25, 0.3) is 0 Å². The number of carbonyl (C=O) groups is 2. The third-order valence-corrected chi connectivity index (χ3v) is 7.75. The SMILES string of the molecule is CC(C)C[C@H](NC(=O)[C@H](Cc1ccccc1)NC(=O)c1cnccn1)B1OC(C)(C)C(C)(CCCCCCN)O1. The molecule has 0 radical (unpaired) electrons. The van der Waals surface area contributed by atoms with Gasteiger partial charge in [-0.1, -0.05) is 63.4 Å². The van der Waals surface area contributed by atoms with Gasteiger partial charge in [-0.3, -0.25) is 14.6 Å². The van der Waals surface area contributed by atoms with Crippen LogP contribution in [0.15, 0.2) is 48.9 Å². The van der Waals surface area contributed by atoms with E-state index < -0.39 is 36.2 Å². The maximum Gasteiger partial charge on any atom is 0.481 e. The average molecular weight is 552 g/mol. The molecular formula is C30H46BN5O4. The van der Waals surface area contributed by atoms with Crippen molar-refractivity contribution in [2.45, 2.75) is 103 Å². The summed E-state index contributed by atoms with van der Waals surface area (Å²) in [5.41, 5.74) is 5.70. The molecule has 0 aliphatic carbocycles. The summed E-state index contributed by atoms with van der Waals surface area (Å²) in [5, 5.41) is 6.04. The zero-order valence-corrected chi connectivity index (χ0v) is 24.7. The molecule has 218 valence electrons. The highest BCUT2D eigenvalue weighted by molar-refractivity contribution is 6.48. The molecule has 1 unspecified atom stereocenters. The molecule has 0 saturated carbocycles. The van der Waals surface area contributed by atoms with E-state index in [-0.39, 0.29) is 17.5 Å². The molecule has 3 rings (SSSR count). The smallest absolute Gasteiger partial charge is 0.402 e. The van der Waals surface area contributed by atoms with Crippen molar-refractivity contribution >= 4 is 18.9 Å². The zero-order valence-electron chi connectivity index (χ0n) is 24.7. The number of aromatic nitrogens is 2. The number of nitrogens with two attached hydrogens (primary N) is 1. The van der Waals surface area contributed by atoms with Crippen molar-refractivity contribution in [2.75, 3.05) is 6.54 Å². The van der Waals surface area contributed by atoms with E-state index in [2.05, 4.69) is 55.2 Å². The predicted molar refractivity (Wildman–Crippen MR) is 157 cm³/mol. The molecule has 0 spiro atoms. The maximum atomic E-state index is 13.8. The number of hydrogen-bond donors (Lipinski definition) is 3. The van der Waals surface area contributed by atoms with Crippen LogP contribution < -0.4 is 16.4 Å². The Labute approximate surface area is 239 Å². The lowest BCUT2D eigenvalue weighted by molar-refractivity contribution is -0.123. The number of carbonyl (C=O) groups excluding carboxylic acids is 2. The minimum absolute atomic E-state index is 0.151. The van der Waals surface area contributed by atoms with E-state index in [4.69, 9.17) is 15.0 Å². The molecule has 1 fully saturated rings. The molecule has 2 aromatic rings. The fourth-order valence-corrected chi connectivity index (χ4v) is 5.06. The van der Waals surface area contributed by atoms with E-state index in [1.807, 2.05) is 30.3 Å². The first kappa shape index (κ1) is 31.7. The molecule has 1 saturated heterocycles. The van der Waals surface area contributed by atoms with E-state index in [9.17, 15) is 9.59 Å². The van der Waals surface area contributed by atoms with Gasteiger partial charge in [-0.15, -0.1) is 0 Å². The van der Waals surface area contributed by atoms with Crippen molar-refractivity contribution in [1.29, 1.82) is 0 Å². The fraction of sp³-hybridized carbons (Fsp3) is 0.600. The van der Waals surface area contributed by atoms with Gasteiger partial charge in [0, 0.05) is 18.8 Å². The normalized spacial score (nSPS) is 19.8. The molecule has 0 bridgehead atoms. The molecule has 3 atom stereocenters. The Morgan fingerprint density at radius 3 is 2.38 bits per heavy atom. The highest BCUT2D eigenvalue weighted by atomic mass is 16.7. The molecule has 4 N–H and O–H groups in total. The first-order chi connectivity index (χ1) is 19.0. The van der Waals surface area contributed by atoms with Gasteiger partial charge in [0.05, 0.1) is 23.3 Å². The molecule has 10 heteroatoms.